The fraction of sp³-hybridized carbons (Fsp3) is 0.316. The minimum Gasteiger partial charge on any atom is -0.466 e. The number of nitrogens with one attached hydrogen (secondary N) is 1. The molecule has 1 N–H and O–H groups in total. The third-order valence-electron chi connectivity index (χ3n) is 4.95. The van der Waals surface area contributed by atoms with Crippen molar-refractivity contribution in [3.05, 3.63) is 36.8 Å². The molecule has 0 saturated carbocycles. The van der Waals surface area contributed by atoms with Crippen LogP contribution in [0.2, 0.25) is 0 Å². The van der Waals surface area contributed by atoms with Crippen LogP contribution in [0.3, 0.4) is 0 Å². The molecule has 4 aromatic heterocycles. The smallest absolute Gasteiger partial charge is 0.310 e. The van der Waals surface area contributed by atoms with Gasteiger partial charge in [-0.3, -0.25) is 8.77 Å². The molecule has 12 heteroatoms. The third kappa shape index (κ3) is 4.18. The summed E-state index contributed by atoms with van der Waals surface area (Å²) in [6, 6.07) is 1.16. The number of esters is 1. The molecule has 0 spiro atoms. The van der Waals surface area contributed by atoms with Gasteiger partial charge in [0.1, 0.15) is 17.7 Å². The zero-order valence-corrected chi connectivity index (χ0v) is 19.9. The van der Waals surface area contributed by atoms with Crippen LogP contribution in [0.1, 0.15) is 20.8 Å². The molecule has 4 heterocycles. The van der Waals surface area contributed by atoms with Crippen LogP contribution in [-0.2, 0) is 9.53 Å². The maximum Gasteiger partial charge on any atom is 0.310 e. The van der Waals surface area contributed by atoms with Crippen LogP contribution in [-0.4, -0.2) is 47.2 Å². The SMILES string of the molecule is CCOC(=O)[C@@H](C)[C@H](C)Nc1nc(-c2cn(SI)c3ncc(F)cc23)nn2cncc12. The lowest BCUT2D eigenvalue weighted by molar-refractivity contribution is -0.147. The highest BCUT2D eigenvalue weighted by Crippen LogP contribution is 2.33. The first kappa shape index (κ1) is 21.7. The van der Waals surface area contributed by atoms with Crippen molar-refractivity contribution >= 4 is 58.7 Å². The van der Waals surface area contributed by atoms with E-state index in [9.17, 15) is 9.18 Å². The highest BCUT2D eigenvalue weighted by atomic mass is 127. The number of carbonyl (C=O) groups excluding carboxylic acids is 1. The third-order valence-corrected chi connectivity index (χ3v) is 6.65. The van der Waals surface area contributed by atoms with Gasteiger partial charge in [0.2, 0.25) is 0 Å². The summed E-state index contributed by atoms with van der Waals surface area (Å²) in [5, 5.41) is 8.43. The van der Waals surface area contributed by atoms with Gasteiger partial charge in [0.25, 0.3) is 0 Å². The summed E-state index contributed by atoms with van der Waals surface area (Å²) in [5.74, 6) is -0.227. The van der Waals surface area contributed by atoms with Crippen LogP contribution in [0, 0.1) is 11.7 Å². The highest BCUT2D eigenvalue weighted by Gasteiger charge is 2.24. The number of hydrogen-bond donors (Lipinski definition) is 1. The summed E-state index contributed by atoms with van der Waals surface area (Å²) in [6.45, 7) is 5.78. The fourth-order valence-corrected chi connectivity index (χ4v) is 4.41. The van der Waals surface area contributed by atoms with Gasteiger partial charge in [0.05, 0.1) is 24.9 Å². The molecule has 0 amide bonds. The molecule has 0 unspecified atom stereocenters. The Labute approximate surface area is 193 Å². The molecule has 0 radical (unpaired) electrons. The number of halogens is 2. The lowest BCUT2D eigenvalue weighted by atomic mass is 10.0. The second-order valence-corrected chi connectivity index (χ2v) is 8.66. The monoisotopic (exact) mass is 555 g/mol. The first-order valence-corrected chi connectivity index (χ1v) is 12.8. The minimum atomic E-state index is -0.441. The van der Waals surface area contributed by atoms with E-state index in [1.54, 1.807) is 30.9 Å². The first-order valence-electron chi connectivity index (χ1n) is 9.52. The van der Waals surface area contributed by atoms with Crippen LogP contribution in [0.25, 0.3) is 27.9 Å². The number of anilines is 1. The molecular weight excluding hydrogens is 536 g/mol. The maximum atomic E-state index is 13.9. The Morgan fingerprint density at radius 2 is 2.19 bits per heavy atom. The second kappa shape index (κ2) is 8.94. The largest absolute Gasteiger partial charge is 0.466 e. The maximum absolute atomic E-state index is 13.9. The molecule has 2 atom stereocenters. The van der Waals surface area contributed by atoms with E-state index >= 15 is 0 Å². The van der Waals surface area contributed by atoms with E-state index in [-0.39, 0.29) is 12.0 Å². The summed E-state index contributed by atoms with van der Waals surface area (Å²) < 4.78 is 22.5. The van der Waals surface area contributed by atoms with Gasteiger partial charge >= 0.3 is 5.97 Å². The number of ether oxygens (including phenoxy) is 1. The molecular formula is C19H19FIN7O2S. The van der Waals surface area contributed by atoms with Crippen LogP contribution in [0.4, 0.5) is 10.2 Å². The van der Waals surface area contributed by atoms with E-state index in [4.69, 9.17) is 4.74 Å². The fourth-order valence-electron chi connectivity index (χ4n) is 3.15. The van der Waals surface area contributed by atoms with Gasteiger partial charge in [-0.05, 0) is 26.8 Å². The van der Waals surface area contributed by atoms with Crippen LogP contribution in [0.5, 0.6) is 0 Å². The summed E-state index contributed by atoms with van der Waals surface area (Å²) in [7, 11) is 1.41. The summed E-state index contributed by atoms with van der Waals surface area (Å²) in [6.07, 6.45) is 6.21. The van der Waals surface area contributed by atoms with E-state index in [0.29, 0.717) is 40.4 Å². The number of imidazole rings is 1. The van der Waals surface area contributed by atoms with Crippen molar-refractivity contribution in [2.75, 3.05) is 11.9 Å². The average Bonchev–Trinajstić information content (AvgIpc) is 3.37. The summed E-state index contributed by atoms with van der Waals surface area (Å²) in [5.41, 5.74) is 1.91. The van der Waals surface area contributed by atoms with Gasteiger partial charge in [-0.25, -0.2) is 23.9 Å². The van der Waals surface area contributed by atoms with Crippen molar-refractivity contribution in [2.24, 2.45) is 5.92 Å². The van der Waals surface area contributed by atoms with E-state index in [0.717, 1.165) is 0 Å². The van der Waals surface area contributed by atoms with Crippen molar-refractivity contribution in [3.63, 3.8) is 0 Å². The van der Waals surface area contributed by atoms with Crippen molar-refractivity contribution in [2.45, 2.75) is 26.8 Å². The zero-order valence-electron chi connectivity index (χ0n) is 16.9. The Hall–Kier alpha value is -2.48. The molecule has 9 nitrogen and oxygen atoms in total. The number of aromatic nitrogens is 6. The Balaban J connectivity index is 1.79. The van der Waals surface area contributed by atoms with Gasteiger partial charge < -0.3 is 10.1 Å². The van der Waals surface area contributed by atoms with Gasteiger partial charge in [-0.15, -0.1) is 5.10 Å². The normalized spacial score (nSPS) is 13.5. The molecule has 0 aliphatic rings. The Kier molecular flexibility index (Phi) is 6.27. The van der Waals surface area contributed by atoms with Gasteiger partial charge in [0, 0.05) is 53.5 Å². The first-order chi connectivity index (χ1) is 14.9. The van der Waals surface area contributed by atoms with Gasteiger partial charge in [0.15, 0.2) is 17.3 Å². The van der Waals surface area contributed by atoms with Gasteiger partial charge in [-0.2, -0.15) is 0 Å². The molecule has 0 aliphatic carbocycles. The number of pyridine rings is 1. The van der Waals surface area contributed by atoms with Gasteiger partial charge in [-0.1, -0.05) is 0 Å². The quantitative estimate of drug-likeness (QED) is 0.269. The van der Waals surface area contributed by atoms with Crippen LogP contribution < -0.4 is 5.32 Å². The highest BCUT2D eigenvalue weighted by molar-refractivity contribution is 14.2. The molecule has 4 aromatic rings. The topological polar surface area (TPSA) is 99.2 Å². The lowest BCUT2D eigenvalue weighted by Crippen LogP contribution is -2.31. The summed E-state index contributed by atoms with van der Waals surface area (Å²) in [4.78, 5) is 25.2. The molecule has 4 rings (SSSR count). The molecule has 0 bridgehead atoms. The van der Waals surface area contributed by atoms with E-state index in [1.807, 2.05) is 17.1 Å². The number of carbonyl (C=O) groups is 1. The zero-order chi connectivity index (χ0) is 22.1. The number of rotatable bonds is 7. The molecule has 0 aromatic carbocycles. The Bertz CT molecular complexity index is 1260. The molecule has 31 heavy (non-hydrogen) atoms. The van der Waals surface area contributed by atoms with E-state index < -0.39 is 11.7 Å². The summed E-state index contributed by atoms with van der Waals surface area (Å²) >= 11 is 2.13. The van der Waals surface area contributed by atoms with Crippen LogP contribution in [0.15, 0.2) is 31.0 Å². The van der Waals surface area contributed by atoms with Crippen molar-refractivity contribution in [1.82, 2.24) is 28.5 Å². The second-order valence-electron chi connectivity index (χ2n) is 6.94. The number of hydrogen-bond acceptors (Lipinski definition) is 8. The molecule has 162 valence electrons. The van der Waals surface area contributed by atoms with Crippen molar-refractivity contribution in [1.29, 1.82) is 0 Å². The van der Waals surface area contributed by atoms with Crippen molar-refractivity contribution in [3.8, 4) is 11.4 Å². The Morgan fingerprint density at radius 1 is 1.39 bits per heavy atom. The number of fused-ring (bicyclic) bond motifs is 2. The lowest BCUT2D eigenvalue weighted by Gasteiger charge is -2.21. The predicted octanol–water partition coefficient (Wildman–Crippen LogP) is 4.13. The molecule has 0 saturated heterocycles. The average molecular weight is 555 g/mol. The van der Waals surface area contributed by atoms with Crippen molar-refractivity contribution < 1.29 is 13.9 Å². The minimum absolute atomic E-state index is 0.258. The number of nitrogens with zero attached hydrogens (tertiary/aromatic N) is 6. The van der Waals surface area contributed by atoms with E-state index in [1.165, 1.54) is 21.4 Å². The molecule has 0 aliphatic heterocycles. The Morgan fingerprint density at radius 3 is 2.94 bits per heavy atom. The van der Waals surface area contributed by atoms with E-state index in [2.05, 4.69) is 46.6 Å². The predicted molar refractivity (Wildman–Crippen MR) is 125 cm³/mol. The van der Waals surface area contributed by atoms with Crippen LogP contribution >= 0.6 is 30.3 Å². The molecule has 0 fully saturated rings. The standard InChI is InChI=1S/C19H19FIN7O2S/c1-4-30-19(29)10(2)11(3)24-17-15-7-22-9-27(15)26-16(25-17)14-8-28(31-21)18-13(14)5-12(20)6-23-18/h5-11H,4H2,1-3H3,(H,24,25,26)/t10-,11-/m0/s1.